The Kier molecular flexibility index (Phi) is 6.06. The van der Waals surface area contributed by atoms with Crippen LogP contribution in [0.4, 0.5) is 24.5 Å². The molecule has 29 heavy (non-hydrogen) atoms. The number of β-amino-alcohol motifs (C(OH)–C–C–N with tert-alkyl or cyclic N) is 1. The molecule has 2 aliphatic rings. The quantitative estimate of drug-likeness (QED) is 0.522. The minimum absolute atomic E-state index is 0.0657. The van der Waals surface area contributed by atoms with Gasteiger partial charge in [-0.05, 0) is 71.8 Å². The summed E-state index contributed by atoms with van der Waals surface area (Å²) in [5, 5.41) is 16.9. The van der Waals surface area contributed by atoms with Gasteiger partial charge in [0.05, 0.1) is 11.4 Å². The van der Waals surface area contributed by atoms with Crippen molar-refractivity contribution in [2.75, 3.05) is 25.0 Å². The van der Waals surface area contributed by atoms with E-state index < -0.39 is 23.1 Å². The van der Waals surface area contributed by atoms with Gasteiger partial charge in [0.15, 0.2) is 11.6 Å². The zero-order valence-corrected chi connectivity index (χ0v) is 18.0. The molecule has 1 atom stereocenters. The third kappa shape index (κ3) is 4.40. The number of piperidine rings is 1. The molecule has 3 N–H and O–H groups in total. The molecule has 0 aliphatic carbocycles. The molecule has 0 amide bonds. The van der Waals surface area contributed by atoms with Gasteiger partial charge in [0.2, 0.25) is 0 Å². The third-order valence-electron chi connectivity index (χ3n) is 5.72. The fraction of sp³-hybridized carbons (Fsp3) is 0.429. The first-order valence-electron chi connectivity index (χ1n) is 9.73. The maximum atomic E-state index is 14.5. The Morgan fingerprint density at radius 2 is 1.93 bits per heavy atom. The van der Waals surface area contributed by atoms with Gasteiger partial charge >= 0.3 is 0 Å². The monoisotopic (exact) mass is 517 g/mol. The van der Waals surface area contributed by atoms with Crippen LogP contribution in [0.5, 0.6) is 0 Å². The molecule has 2 fully saturated rings. The zero-order chi connectivity index (χ0) is 20.6. The minimum atomic E-state index is -1.04. The second-order valence-electron chi connectivity index (χ2n) is 7.90. The fourth-order valence-corrected chi connectivity index (χ4v) is 4.65. The van der Waals surface area contributed by atoms with E-state index in [1.54, 1.807) is 6.07 Å². The van der Waals surface area contributed by atoms with Crippen LogP contribution in [0.15, 0.2) is 30.3 Å². The Morgan fingerprint density at radius 3 is 2.62 bits per heavy atom. The minimum Gasteiger partial charge on any atom is -0.386 e. The standard InChI is InChI=1S/C21H23F3IN3O/c22-15-6-4-13(10-28-11-21(29,12-28)18-3-1-2-8-26-18)20(19(15)24)27-17-7-5-14(25)9-16(17)23/h4-7,9,18,26-27,29H,1-3,8,10-12H2/t18-/m0/s1. The van der Waals surface area contributed by atoms with Crippen molar-refractivity contribution in [1.82, 2.24) is 10.2 Å². The Morgan fingerprint density at radius 1 is 1.14 bits per heavy atom. The molecule has 0 bridgehead atoms. The lowest BCUT2D eigenvalue weighted by molar-refractivity contribution is -0.128. The molecule has 2 aromatic carbocycles. The summed E-state index contributed by atoms with van der Waals surface area (Å²) < 4.78 is 43.3. The summed E-state index contributed by atoms with van der Waals surface area (Å²) in [5.74, 6) is -2.56. The number of nitrogens with zero attached hydrogens (tertiary/aromatic N) is 1. The first-order valence-corrected chi connectivity index (χ1v) is 10.8. The molecule has 4 nitrogen and oxygen atoms in total. The van der Waals surface area contributed by atoms with Gasteiger partial charge in [-0.3, -0.25) is 4.90 Å². The van der Waals surface area contributed by atoms with Gasteiger partial charge < -0.3 is 15.7 Å². The number of hydrogen-bond donors (Lipinski definition) is 3. The summed E-state index contributed by atoms with van der Waals surface area (Å²) in [6, 6.07) is 7.16. The molecule has 4 rings (SSSR count). The van der Waals surface area contributed by atoms with Crippen molar-refractivity contribution in [1.29, 1.82) is 0 Å². The molecule has 2 saturated heterocycles. The van der Waals surface area contributed by atoms with E-state index in [1.807, 2.05) is 27.5 Å². The molecule has 8 heteroatoms. The number of rotatable bonds is 5. The first kappa shape index (κ1) is 20.9. The summed E-state index contributed by atoms with van der Waals surface area (Å²) in [4.78, 5) is 1.98. The van der Waals surface area contributed by atoms with Crippen LogP contribution in [-0.4, -0.2) is 41.3 Å². The molecular weight excluding hydrogens is 494 g/mol. The van der Waals surface area contributed by atoms with E-state index in [0.29, 0.717) is 28.8 Å². The second-order valence-corrected chi connectivity index (χ2v) is 9.14. The van der Waals surface area contributed by atoms with E-state index >= 15 is 0 Å². The van der Waals surface area contributed by atoms with Crippen molar-refractivity contribution in [2.24, 2.45) is 0 Å². The Balaban J connectivity index is 1.50. The normalized spacial score (nSPS) is 21.6. The molecule has 2 heterocycles. The highest BCUT2D eigenvalue weighted by Crippen LogP contribution is 2.34. The molecule has 2 aliphatic heterocycles. The maximum Gasteiger partial charge on any atom is 0.182 e. The number of nitrogens with one attached hydrogen (secondary N) is 2. The van der Waals surface area contributed by atoms with Crippen LogP contribution in [-0.2, 0) is 6.54 Å². The van der Waals surface area contributed by atoms with Crippen LogP contribution in [0.25, 0.3) is 0 Å². The average Bonchev–Trinajstić information content (AvgIpc) is 2.68. The highest BCUT2D eigenvalue weighted by molar-refractivity contribution is 14.1. The molecule has 0 unspecified atom stereocenters. The van der Waals surface area contributed by atoms with Crippen LogP contribution >= 0.6 is 22.6 Å². The topological polar surface area (TPSA) is 47.5 Å². The lowest BCUT2D eigenvalue weighted by Gasteiger charge is -2.52. The van der Waals surface area contributed by atoms with Gasteiger partial charge in [0.1, 0.15) is 11.4 Å². The van der Waals surface area contributed by atoms with E-state index in [9.17, 15) is 18.3 Å². The van der Waals surface area contributed by atoms with Gasteiger partial charge in [-0.15, -0.1) is 0 Å². The number of hydrogen-bond acceptors (Lipinski definition) is 4. The molecular formula is C21H23F3IN3O. The molecule has 0 aromatic heterocycles. The predicted octanol–water partition coefficient (Wildman–Crippen LogP) is 4.14. The van der Waals surface area contributed by atoms with Crippen molar-refractivity contribution < 1.29 is 18.3 Å². The lowest BCUT2D eigenvalue weighted by Crippen LogP contribution is -2.70. The van der Waals surface area contributed by atoms with Crippen LogP contribution in [0, 0.1) is 21.0 Å². The van der Waals surface area contributed by atoms with Crippen molar-refractivity contribution in [3.8, 4) is 0 Å². The molecule has 156 valence electrons. The highest BCUT2D eigenvalue weighted by Gasteiger charge is 2.47. The smallest absolute Gasteiger partial charge is 0.182 e. The molecule has 0 radical (unpaired) electrons. The van der Waals surface area contributed by atoms with E-state index in [4.69, 9.17) is 0 Å². The number of anilines is 2. The first-order chi connectivity index (χ1) is 13.9. The highest BCUT2D eigenvalue weighted by atomic mass is 127. The average molecular weight is 517 g/mol. The summed E-state index contributed by atoms with van der Waals surface area (Å²) in [6.45, 7) is 2.16. The number of likely N-dealkylation sites (tertiary alicyclic amines) is 1. The van der Waals surface area contributed by atoms with Crippen LogP contribution in [0.1, 0.15) is 24.8 Å². The van der Waals surface area contributed by atoms with Gasteiger partial charge in [-0.1, -0.05) is 12.5 Å². The van der Waals surface area contributed by atoms with E-state index in [0.717, 1.165) is 31.9 Å². The molecule has 0 saturated carbocycles. The molecule has 0 spiro atoms. The Bertz CT molecular complexity index is 899. The third-order valence-corrected chi connectivity index (χ3v) is 6.39. The van der Waals surface area contributed by atoms with Crippen LogP contribution in [0.3, 0.4) is 0 Å². The summed E-state index contributed by atoms with van der Waals surface area (Å²) >= 11 is 1.98. The van der Waals surface area contributed by atoms with Crippen LogP contribution in [0.2, 0.25) is 0 Å². The van der Waals surface area contributed by atoms with E-state index in [2.05, 4.69) is 10.6 Å². The maximum absolute atomic E-state index is 14.5. The van der Waals surface area contributed by atoms with Gasteiger partial charge in [0.25, 0.3) is 0 Å². The number of aliphatic hydroxyl groups is 1. The van der Waals surface area contributed by atoms with Crippen LogP contribution < -0.4 is 10.6 Å². The number of halogens is 4. The summed E-state index contributed by atoms with van der Waals surface area (Å²) in [7, 11) is 0. The van der Waals surface area contributed by atoms with Crippen molar-refractivity contribution in [2.45, 2.75) is 37.5 Å². The zero-order valence-electron chi connectivity index (χ0n) is 15.8. The SMILES string of the molecule is OC1([C@@H]2CCCCN2)CN(Cc2ccc(F)c(F)c2Nc2ccc(I)cc2F)C1. The van der Waals surface area contributed by atoms with E-state index in [-0.39, 0.29) is 17.4 Å². The fourth-order valence-electron chi connectivity index (χ4n) is 4.19. The van der Waals surface area contributed by atoms with Crippen molar-refractivity contribution in [3.05, 3.63) is 56.9 Å². The number of benzene rings is 2. The Labute approximate surface area is 181 Å². The Hall–Kier alpha value is -1.36. The molecule has 2 aromatic rings. The van der Waals surface area contributed by atoms with Crippen molar-refractivity contribution in [3.63, 3.8) is 0 Å². The largest absolute Gasteiger partial charge is 0.386 e. The summed E-state index contributed by atoms with van der Waals surface area (Å²) in [5.41, 5.74) is -0.269. The van der Waals surface area contributed by atoms with Crippen molar-refractivity contribution >= 4 is 34.0 Å². The van der Waals surface area contributed by atoms with Gasteiger partial charge in [0, 0.05) is 29.2 Å². The van der Waals surface area contributed by atoms with Gasteiger partial charge in [-0.2, -0.15) is 0 Å². The lowest BCUT2D eigenvalue weighted by atomic mass is 9.81. The van der Waals surface area contributed by atoms with Gasteiger partial charge in [-0.25, -0.2) is 13.2 Å². The second kappa shape index (κ2) is 8.41. The van der Waals surface area contributed by atoms with E-state index in [1.165, 1.54) is 18.2 Å². The predicted molar refractivity (Wildman–Crippen MR) is 115 cm³/mol. The summed E-state index contributed by atoms with van der Waals surface area (Å²) in [6.07, 6.45) is 3.16.